The van der Waals surface area contributed by atoms with E-state index in [2.05, 4.69) is 41.4 Å². The van der Waals surface area contributed by atoms with E-state index in [0.29, 0.717) is 17.1 Å². The summed E-state index contributed by atoms with van der Waals surface area (Å²) in [6.45, 7) is 5.81. The number of halogens is 1. The summed E-state index contributed by atoms with van der Waals surface area (Å²) in [5.74, 6) is -0.104. The number of hydrogen-bond acceptors (Lipinski definition) is 3. The third kappa shape index (κ3) is 4.82. The van der Waals surface area contributed by atoms with Gasteiger partial charge >= 0.3 is 0 Å². The number of aryl methyl sites for hydroxylation is 1. The van der Waals surface area contributed by atoms with Gasteiger partial charge in [0.25, 0.3) is 5.91 Å². The molecule has 1 aliphatic heterocycles. The molecule has 0 bridgehead atoms. The molecule has 132 valence electrons. The summed E-state index contributed by atoms with van der Waals surface area (Å²) in [5.41, 5.74) is 3.02. The quantitative estimate of drug-likeness (QED) is 0.890. The van der Waals surface area contributed by atoms with Gasteiger partial charge in [0.1, 0.15) is 0 Å². The van der Waals surface area contributed by atoms with E-state index < -0.39 is 0 Å². The predicted molar refractivity (Wildman–Crippen MR) is 100 cm³/mol. The van der Waals surface area contributed by atoms with Crippen LogP contribution in [0.3, 0.4) is 0 Å². The molecule has 0 saturated carbocycles. The summed E-state index contributed by atoms with van der Waals surface area (Å²) in [7, 11) is 0. The van der Waals surface area contributed by atoms with E-state index >= 15 is 0 Å². The van der Waals surface area contributed by atoms with Crippen molar-refractivity contribution in [2.45, 2.75) is 13.0 Å². The Kier molecular flexibility index (Phi) is 6.08. The number of hydrogen-bond donors (Lipinski definition) is 1. The molecule has 2 aromatic rings. The van der Waals surface area contributed by atoms with Gasteiger partial charge in [-0.05, 0) is 30.7 Å². The van der Waals surface area contributed by atoms with Gasteiger partial charge in [0.2, 0.25) is 0 Å². The predicted octanol–water partition coefficient (Wildman–Crippen LogP) is 3.45. The molecule has 1 N–H and O–H groups in total. The molecule has 0 spiro atoms. The summed E-state index contributed by atoms with van der Waals surface area (Å²) in [5, 5.41) is 3.62. The SMILES string of the molecule is Cc1ccc([C@@H](CNC(=O)c2cccc(Cl)c2)N2CCOCC2)cc1. The van der Waals surface area contributed by atoms with Crippen molar-refractivity contribution >= 4 is 17.5 Å². The zero-order chi connectivity index (χ0) is 17.6. The molecule has 4 nitrogen and oxygen atoms in total. The third-order valence-electron chi connectivity index (χ3n) is 4.49. The van der Waals surface area contributed by atoms with Crippen LogP contribution in [0.4, 0.5) is 0 Å². The molecule has 0 unspecified atom stereocenters. The molecular formula is C20H23ClN2O2. The number of nitrogens with zero attached hydrogens (tertiary/aromatic N) is 1. The van der Waals surface area contributed by atoms with Gasteiger partial charge in [-0.25, -0.2) is 0 Å². The van der Waals surface area contributed by atoms with Crippen LogP contribution < -0.4 is 5.32 Å². The van der Waals surface area contributed by atoms with E-state index in [1.54, 1.807) is 24.3 Å². The van der Waals surface area contributed by atoms with Gasteiger partial charge in [0.15, 0.2) is 0 Å². The molecule has 1 aliphatic rings. The van der Waals surface area contributed by atoms with Crippen molar-refractivity contribution in [2.75, 3.05) is 32.8 Å². The van der Waals surface area contributed by atoms with E-state index in [9.17, 15) is 4.79 Å². The van der Waals surface area contributed by atoms with E-state index in [-0.39, 0.29) is 11.9 Å². The molecule has 5 heteroatoms. The molecule has 1 amide bonds. The molecule has 3 rings (SSSR count). The number of nitrogens with one attached hydrogen (secondary N) is 1. The van der Waals surface area contributed by atoms with Crippen LogP contribution >= 0.6 is 11.6 Å². The van der Waals surface area contributed by atoms with Crippen LogP contribution in [0.2, 0.25) is 5.02 Å². The average molecular weight is 359 g/mol. The van der Waals surface area contributed by atoms with Gasteiger partial charge in [0.05, 0.1) is 19.3 Å². The molecule has 1 heterocycles. The molecule has 2 aromatic carbocycles. The molecule has 1 fully saturated rings. The van der Waals surface area contributed by atoms with Gasteiger partial charge in [-0.2, -0.15) is 0 Å². The second-order valence-corrected chi connectivity index (χ2v) is 6.73. The summed E-state index contributed by atoms with van der Waals surface area (Å²) in [4.78, 5) is 14.8. The van der Waals surface area contributed by atoms with Gasteiger partial charge in [-0.1, -0.05) is 47.5 Å². The number of rotatable bonds is 5. The van der Waals surface area contributed by atoms with Crippen LogP contribution in [0.1, 0.15) is 27.5 Å². The number of carbonyl (C=O) groups excluding carboxylic acids is 1. The Morgan fingerprint density at radius 1 is 1.20 bits per heavy atom. The third-order valence-corrected chi connectivity index (χ3v) is 4.73. The van der Waals surface area contributed by atoms with Crippen LogP contribution in [0.25, 0.3) is 0 Å². The van der Waals surface area contributed by atoms with E-state index in [1.807, 2.05) is 0 Å². The lowest BCUT2D eigenvalue weighted by molar-refractivity contribution is 0.0162. The summed E-state index contributed by atoms with van der Waals surface area (Å²) >= 11 is 5.98. The highest BCUT2D eigenvalue weighted by Gasteiger charge is 2.23. The summed E-state index contributed by atoms with van der Waals surface area (Å²) < 4.78 is 5.47. The Labute approximate surface area is 153 Å². The topological polar surface area (TPSA) is 41.6 Å². The molecule has 0 aliphatic carbocycles. The van der Waals surface area contributed by atoms with Crippen molar-refractivity contribution < 1.29 is 9.53 Å². The van der Waals surface area contributed by atoms with E-state index in [4.69, 9.17) is 16.3 Å². The number of benzene rings is 2. The molecule has 0 aromatic heterocycles. The largest absolute Gasteiger partial charge is 0.379 e. The van der Waals surface area contributed by atoms with Crippen LogP contribution in [0.5, 0.6) is 0 Å². The number of morpholine rings is 1. The summed E-state index contributed by atoms with van der Waals surface area (Å²) in [6, 6.07) is 15.7. The van der Waals surface area contributed by atoms with Gasteiger partial charge in [-0.3, -0.25) is 9.69 Å². The summed E-state index contributed by atoms with van der Waals surface area (Å²) in [6.07, 6.45) is 0. The lowest BCUT2D eigenvalue weighted by Crippen LogP contribution is -2.43. The van der Waals surface area contributed by atoms with Crippen molar-refractivity contribution in [1.82, 2.24) is 10.2 Å². The molecule has 1 saturated heterocycles. The Bertz CT molecular complexity index is 712. The van der Waals surface area contributed by atoms with Gasteiger partial charge in [0, 0.05) is 30.2 Å². The first-order valence-corrected chi connectivity index (χ1v) is 8.93. The Hall–Kier alpha value is -1.88. The fraction of sp³-hybridized carbons (Fsp3) is 0.350. The lowest BCUT2D eigenvalue weighted by Gasteiger charge is -2.35. The van der Waals surface area contributed by atoms with Gasteiger partial charge in [-0.15, -0.1) is 0 Å². The number of amides is 1. The highest BCUT2D eigenvalue weighted by molar-refractivity contribution is 6.30. The Morgan fingerprint density at radius 2 is 1.92 bits per heavy atom. The van der Waals surface area contributed by atoms with Crippen molar-refractivity contribution in [2.24, 2.45) is 0 Å². The van der Waals surface area contributed by atoms with Crippen molar-refractivity contribution in [3.05, 3.63) is 70.2 Å². The number of ether oxygens (including phenoxy) is 1. The maximum Gasteiger partial charge on any atom is 0.251 e. The maximum atomic E-state index is 12.5. The molecule has 25 heavy (non-hydrogen) atoms. The minimum Gasteiger partial charge on any atom is -0.379 e. The Balaban J connectivity index is 1.73. The fourth-order valence-corrected chi connectivity index (χ4v) is 3.25. The average Bonchev–Trinajstić information content (AvgIpc) is 2.64. The highest BCUT2D eigenvalue weighted by Crippen LogP contribution is 2.22. The van der Waals surface area contributed by atoms with Crippen molar-refractivity contribution in [3.8, 4) is 0 Å². The van der Waals surface area contributed by atoms with Crippen LogP contribution in [-0.2, 0) is 4.74 Å². The molecule has 1 atom stereocenters. The highest BCUT2D eigenvalue weighted by atomic mass is 35.5. The minimum atomic E-state index is -0.104. The Morgan fingerprint density at radius 3 is 2.60 bits per heavy atom. The monoisotopic (exact) mass is 358 g/mol. The standard InChI is InChI=1S/C20H23ClN2O2/c1-15-5-7-16(8-6-15)19(23-9-11-25-12-10-23)14-22-20(24)17-3-2-4-18(21)13-17/h2-8,13,19H,9-12,14H2,1H3,(H,22,24)/t19-/m1/s1. The maximum absolute atomic E-state index is 12.5. The van der Waals surface area contributed by atoms with Crippen molar-refractivity contribution in [3.63, 3.8) is 0 Å². The first kappa shape index (κ1) is 17.9. The molecular weight excluding hydrogens is 336 g/mol. The van der Waals surface area contributed by atoms with Crippen LogP contribution in [0, 0.1) is 6.92 Å². The van der Waals surface area contributed by atoms with Crippen LogP contribution in [0.15, 0.2) is 48.5 Å². The zero-order valence-corrected chi connectivity index (χ0v) is 15.1. The second kappa shape index (κ2) is 8.48. The normalized spacial score (nSPS) is 16.4. The smallest absolute Gasteiger partial charge is 0.251 e. The first-order valence-electron chi connectivity index (χ1n) is 8.55. The second-order valence-electron chi connectivity index (χ2n) is 6.30. The number of carbonyl (C=O) groups is 1. The zero-order valence-electron chi connectivity index (χ0n) is 14.4. The van der Waals surface area contributed by atoms with E-state index in [1.165, 1.54) is 11.1 Å². The lowest BCUT2D eigenvalue weighted by atomic mass is 10.0. The minimum absolute atomic E-state index is 0.104. The molecule has 0 radical (unpaired) electrons. The fourth-order valence-electron chi connectivity index (χ4n) is 3.06. The first-order chi connectivity index (χ1) is 12.1. The van der Waals surface area contributed by atoms with Crippen LogP contribution in [-0.4, -0.2) is 43.7 Å². The van der Waals surface area contributed by atoms with E-state index in [0.717, 1.165) is 26.3 Å². The van der Waals surface area contributed by atoms with Crippen molar-refractivity contribution in [1.29, 1.82) is 0 Å². The van der Waals surface area contributed by atoms with Gasteiger partial charge < -0.3 is 10.1 Å².